The first-order valence-electron chi connectivity index (χ1n) is 6.40. The molecule has 0 radical (unpaired) electrons. The molecule has 1 unspecified atom stereocenters. The summed E-state index contributed by atoms with van der Waals surface area (Å²) >= 11 is 0. The molecule has 1 atom stereocenters. The minimum absolute atomic E-state index is 0.209. The van der Waals surface area contributed by atoms with Crippen molar-refractivity contribution in [2.75, 3.05) is 20.3 Å². The largest absolute Gasteiger partial charge is 0.379 e. The molecule has 0 spiro atoms. The van der Waals surface area contributed by atoms with Gasteiger partial charge < -0.3 is 10.1 Å². The van der Waals surface area contributed by atoms with Gasteiger partial charge in [0, 0.05) is 0 Å². The Morgan fingerprint density at radius 1 is 1.29 bits per heavy atom. The molecule has 1 aliphatic rings. The van der Waals surface area contributed by atoms with Gasteiger partial charge in [-0.05, 0) is 35.6 Å². The summed E-state index contributed by atoms with van der Waals surface area (Å²) in [5.74, 6) is 0. The van der Waals surface area contributed by atoms with Crippen molar-refractivity contribution in [3.05, 3.63) is 34.9 Å². The SMILES string of the molecule is CNC1COCCc2ccc(C(C)(C)C)cc21. The van der Waals surface area contributed by atoms with Gasteiger partial charge in [-0.1, -0.05) is 39.0 Å². The van der Waals surface area contributed by atoms with Gasteiger partial charge in [0.15, 0.2) is 0 Å². The zero-order valence-electron chi connectivity index (χ0n) is 11.3. The van der Waals surface area contributed by atoms with Gasteiger partial charge in [-0.3, -0.25) is 0 Å². The number of fused-ring (bicyclic) bond motifs is 1. The second-order valence-corrected chi connectivity index (χ2v) is 5.83. The third-order valence-corrected chi connectivity index (χ3v) is 3.54. The van der Waals surface area contributed by atoms with Gasteiger partial charge >= 0.3 is 0 Å². The molecule has 0 saturated heterocycles. The first-order valence-corrected chi connectivity index (χ1v) is 6.40. The van der Waals surface area contributed by atoms with E-state index in [1.54, 1.807) is 0 Å². The van der Waals surface area contributed by atoms with E-state index >= 15 is 0 Å². The van der Waals surface area contributed by atoms with Crippen molar-refractivity contribution in [2.45, 2.75) is 38.6 Å². The average Bonchev–Trinajstić information content (AvgIpc) is 2.48. The molecule has 1 aliphatic heterocycles. The summed E-state index contributed by atoms with van der Waals surface area (Å²) < 4.78 is 5.64. The van der Waals surface area contributed by atoms with Gasteiger partial charge in [0.25, 0.3) is 0 Å². The lowest BCUT2D eigenvalue weighted by atomic mass is 9.84. The van der Waals surface area contributed by atoms with Gasteiger partial charge in [0.1, 0.15) is 0 Å². The Hall–Kier alpha value is -0.860. The average molecular weight is 233 g/mol. The van der Waals surface area contributed by atoms with Crippen molar-refractivity contribution in [1.82, 2.24) is 5.32 Å². The van der Waals surface area contributed by atoms with Crippen LogP contribution in [0.1, 0.15) is 43.5 Å². The predicted octanol–water partition coefficient (Wildman–Crippen LogP) is 2.82. The summed E-state index contributed by atoms with van der Waals surface area (Å²) in [5, 5.41) is 3.35. The lowest BCUT2D eigenvalue weighted by Crippen LogP contribution is -2.22. The summed E-state index contributed by atoms with van der Waals surface area (Å²) in [5.41, 5.74) is 4.45. The Kier molecular flexibility index (Phi) is 3.55. The molecular formula is C15H23NO. The summed E-state index contributed by atoms with van der Waals surface area (Å²) in [4.78, 5) is 0. The Morgan fingerprint density at radius 3 is 2.71 bits per heavy atom. The Morgan fingerprint density at radius 2 is 2.06 bits per heavy atom. The van der Waals surface area contributed by atoms with E-state index in [0.29, 0.717) is 6.04 Å². The number of hydrogen-bond acceptors (Lipinski definition) is 2. The van der Waals surface area contributed by atoms with Crippen molar-refractivity contribution in [3.8, 4) is 0 Å². The second-order valence-electron chi connectivity index (χ2n) is 5.83. The van der Waals surface area contributed by atoms with E-state index in [4.69, 9.17) is 4.74 Å². The zero-order valence-corrected chi connectivity index (χ0v) is 11.3. The fourth-order valence-corrected chi connectivity index (χ4v) is 2.33. The number of rotatable bonds is 1. The van der Waals surface area contributed by atoms with Crippen LogP contribution in [0.15, 0.2) is 18.2 Å². The Balaban J connectivity index is 2.43. The van der Waals surface area contributed by atoms with Crippen molar-refractivity contribution < 1.29 is 4.74 Å². The van der Waals surface area contributed by atoms with Crippen LogP contribution in [0.4, 0.5) is 0 Å². The van der Waals surface area contributed by atoms with Crippen LogP contribution in [-0.2, 0) is 16.6 Å². The molecule has 2 rings (SSSR count). The summed E-state index contributed by atoms with van der Waals surface area (Å²) in [6.07, 6.45) is 1.03. The molecule has 2 nitrogen and oxygen atoms in total. The minimum atomic E-state index is 0.209. The van der Waals surface area contributed by atoms with Crippen LogP contribution in [-0.4, -0.2) is 20.3 Å². The van der Waals surface area contributed by atoms with Crippen molar-refractivity contribution in [3.63, 3.8) is 0 Å². The number of hydrogen-bond donors (Lipinski definition) is 1. The van der Waals surface area contributed by atoms with Crippen LogP contribution in [0, 0.1) is 0 Å². The molecule has 0 aromatic heterocycles. The van der Waals surface area contributed by atoms with Crippen LogP contribution in [0.5, 0.6) is 0 Å². The maximum absolute atomic E-state index is 5.64. The van der Waals surface area contributed by atoms with Crippen LogP contribution < -0.4 is 5.32 Å². The van der Waals surface area contributed by atoms with Crippen molar-refractivity contribution in [1.29, 1.82) is 0 Å². The molecule has 0 saturated carbocycles. The van der Waals surface area contributed by atoms with Gasteiger partial charge in [0.05, 0.1) is 19.3 Å². The third kappa shape index (κ3) is 2.70. The molecular weight excluding hydrogens is 210 g/mol. The van der Waals surface area contributed by atoms with Crippen LogP contribution in [0.25, 0.3) is 0 Å². The van der Waals surface area contributed by atoms with E-state index in [2.05, 4.69) is 44.3 Å². The lowest BCUT2D eigenvalue weighted by Gasteiger charge is -2.23. The molecule has 1 heterocycles. The van der Waals surface area contributed by atoms with E-state index in [1.165, 1.54) is 16.7 Å². The summed E-state index contributed by atoms with van der Waals surface area (Å²) in [6, 6.07) is 7.21. The van der Waals surface area contributed by atoms with Crippen LogP contribution >= 0.6 is 0 Å². The number of benzene rings is 1. The second kappa shape index (κ2) is 4.79. The number of likely N-dealkylation sites (N-methyl/N-ethyl adjacent to an activating group) is 1. The van der Waals surface area contributed by atoms with E-state index in [-0.39, 0.29) is 5.41 Å². The fourth-order valence-electron chi connectivity index (χ4n) is 2.33. The van der Waals surface area contributed by atoms with Crippen molar-refractivity contribution in [2.24, 2.45) is 0 Å². The topological polar surface area (TPSA) is 21.3 Å². The molecule has 0 aliphatic carbocycles. The molecule has 0 bridgehead atoms. The molecule has 1 N–H and O–H groups in total. The first kappa shape index (κ1) is 12.6. The molecule has 0 amide bonds. The predicted molar refractivity (Wildman–Crippen MR) is 71.5 cm³/mol. The standard InChI is InChI=1S/C15H23NO/c1-15(2,3)12-6-5-11-7-8-17-10-14(16-4)13(11)9-12/h5-6,9,14,16H,7-8,10H2,1-4H3. The van der Waals surface area contributed by atoms with Gasteiger partial charge in [-0.25, -0.2) is 0 Å². The maximum Gasteiger partial charge on any atom is 0.0661 e. The zero-order chi connectivity index (χ0) is 12.5. The van der Waals surface area contributed by atoms with Gasteiger partial charge in [-0.2, -0.15) is 0 Å². The molecule has 1 aromatic rings. The third-order valence-electron chi connectivity index (χ3n) is 3.54. The highest BCUT2D eigenvalue weighted by molar-refractivity contribution is 5.38. The molecule has 1 aromatic carbocycles. The summed E-state index contributed by atoms with van der Waals surface area (Å²) in [7, 11) is 2.01. The van der Waals surface area contributed by atoms with E-state index in [0.717, 1.165) is 19.6 Å². The van der Waals surface area contributed by atoms with E-state index < -0.39 is 0 Å². The Labute approximate surface area is 104 Å². The first-order chi connectivity index (χ1) is 8.02. The Bertz CT molecular complexity index is 392. The van der Waals surface area contributed by atoms with Crippen molar-refractivity contribution >= 4 is 0 Å². The fraction of sp³-hybridized carbons (Fsp3) is 0.600. The molecule has 0 fully saturated rings. The number of nitrogens with one attached hydrogen (secondary N) is 1. The smallest absolute Gasteiger partial charge is 0.0661 e. The molecule has 94 valence electrons. The summed E-state index contributed by atoms with van der Waals surface area (Å²) in [6.45, 7) is 8.39. The van der Waals surface area contributed by atoms with E-state index in [1.807, 2.05) is 7.05 Å². The highest BCUT2D eigenvalue weighted by atomic mass is 16.5. The molecule has 2 heteroatoms. The van der Waals surface area contributed by atoms with Gasteiger partial charge in [-0.15, -0.1) is 0 Å². The monoisotopic (exact) mass is 233 g/mol. The molecule has 17 heavy (non-hydrogen) atoms. The number of ether oxygens (including phenoxy) is 1. The highest BCUT2D eigenvalue weighted by Crippen LogP contribution is 2.29. The lowest BCUT2D eigenvalue weighted by molar-refractivity contribution is 0.123. The van der Waals surface area contributed by atoms with Crippen LogP contribution in [0.2, 0.25) is 0 Å². The highest BCUT2D eigenvalue weighted by Gasteiger charge is 2.21. The normalized spacial score (nSPS) is 20.8. The van der Waals surface area contributed by atoms with Crippen LogP contribution in [0.3, 0.4) is 0 Å². The quantitative estimate of drug-likeness (QED) is 0.805. The maximum atomic E-state index is 5.64. The minimum Gasteiger partial charge on any atom is -0.379 e. The van der Waals surface area contributed by atoms with E-state index in [9.17, 15) is 0 Å². The van der Waals surface area contributed by atoms with Gasteiger partial charge in [0.2, 0.25) is 0 Å².